The van der Waals surface area contributed by atoms with Crippen molar-refractivity contribution in [3.8, 4) is 0 Å². The third-order valence-electron chi connectivity index (χ3n) is 4.37. The lowest BCUT2D eigenvalue weighted by atomic mass is 10.1. The number of carbonyl (C=O) groups is 2. The molecule has 0 aliphatic rings. The largest absolute Gasteiger partial charge is 0.381 e. The highest BCUT2D eigenvalue weighted by molar-refractivity contribution is 5.78. The number of benzene rings is 1. The summed E-state index contributed by atoms with van der Waals surface area (Å²) in [5.74, 6) is 0.616. The molecular weight excluding hydrogens is 328 g/mol. The Balaban J connectivity index is 2.06. The molecule has 0 aliphatic heterocycles. The number of hydrogen-bond donors (Lipinski definition) is 0. The summed E-state index contributed by atoms with van der Waals surface area (Å²) in [5, 5.41) is 0. The van der Waals surface area contributed by atoms with Crippen LogP contribution in [0.25, 0.3) is 0 Å². The van der Waals surface area contributed by atoms with Crippen LogP contribution >= 0.6 is 0 Å². The lowest BCUT2D eigenvalue weighted by molar-refractivity contribution is -0.119. The van der Waals surface area contributed by atoms with E-state index in [0.29, 0.717) is 63.7 Å². The molecule has 0 spiro atoms. The second-order valence-corrected chi connectivity index (χ2v) is 6.53. The fraction of sp³-hybridized carbons (Fsp3) is 0.636. The van der Waals surface area contributed by atoms with E-state index in [-0.39, 0.29) is 0 Å². The molecule has 0 saturated heterocycles. The fourth-order valence-electron chi connectivity index (χ4n) is 2.55. The van der Waals surface area contributed by atoms with Gasteiger partial charge in [-0.2, -0.15) is 0 Å². The number of rotatable bonds is 16. The van der Waals surface area contributed by atoms with Crippen molar-refractivity contribution >= 4 is 11.6 Å². The molecular formula is C22H34O4. The van der Waals surface area contributed by atoms with E-state index in [1.54, 1.807) is 0 Å². The van der Waals surface area contributed by atoms with Gasteiger partial charge in [-0.05, 0) is 36.8 Å². The Labute approximate surface area is 158 Å². The Bertz CT molecular complexity index is 460. The molecule has 1 aromatic rings. The Hall–Kier alpha value is -1.52. The smallest absolute Gasteiger partial charge is 0.132 e. The number of hydrogen-bond acceptors (Lipinski definition) is 4. The predicted molar refractivity (Wildman–Crippen MR) is 105 cm³/mol. The molecule has 0 radical (unpaired) electrons. The van der Waals surface area contributed by atoms with Crippen LogP contribution in [-0.2, 0) is 31.9 Å². The first kappa shape index (κ1) is 22.5. The van der Waals surface area contributed by atoms with Crippen LogP contribution in [0.5, 0.6) is 0 Å². The molecule has 0 bridgehead atoms. The highest BCUT2D eigenvalue weighted by atomic mass is 16.5. The van der Waals surface area contributed by atoms with E-state index >= 15 is 0 Å². The Morgan fingerprint density at radius 1 is 0.692 bits per heavy atom. The molecule has 4 heteroatoms. The molecule has 1 aromatic carbocycles. The van der Waals surface area contributed by atoms with E-state index in [0.717, 1.165) is 25.7 Å². The molecule has 1 rings (SSSR count). The highest BCUT2D eigenvalue weighted by Crippen LogP contribution is 2.07. The molecule has 4 nitrogen and oxygen atoms in total. The van der Waals surface area contributed by atoms with Gasteiger partial charge in [-0.1, -0.05) is 38.1 Å². The van der Waals surface area contributed by atoms with Gasteiger partial charge in [0, 0.05) is 38.9 Å². The van der Waals surface area contributed by atoms with Gasteiger partial charge in [0.15, 0.2) is 0 Å². The van der Waals surface area contributed by atoms with Crippen LogP contribution in [0, 0.1) is 0 Å². The second kappa shape index (κ2) is 14.6. The number of ketones is 2. The summed E-state index contributed by atoms with van der Waals surface area (Å²) in [6.07, 6.45) is 5.92. The van der Waals surface area contributed by atoms with E-state index < -0.39 is 0 Å². The van der Waals surface area contributed by atoms with Gasteiger partial charge in [0.2, 0.25) is 0 Å². The SMILES string of the molecule is CCC(=O)CCCOCCc1ccc(CCOCCCC(=O)CC)cc1. The molecule has 0 atom stereocenters. The van der Waals surface area contributed by atoms with Crippen LogP contribution in [0.15, 0.2) is 24.3 Å². The summed E-state index contributed by atoms with van der Waals surface area (Å²) in [5.41, 5.74) is 2.52. The predicted octanol–water partition coefficient (Wildman–Crippen LogP) is 4.32. The van der Waals surface area contributed by atoms with Gasteiger partial charge in [-0.15, -0.1) is 0 Å². The molecule has 0 fully saturated rings. The van der Waals surface area contributed by atoms with Gasteiger partial charge in [-0.25, -0.2) is 0 Å². The normalized spacial score (nSPS) is 10.8. The first-order valence-electron chi connectivity index (χ1n) is 9.92. The van der Waals surface area contributed by atoms with Crippen LogP contribution < -0.4 is 0 Å². The zero-order valence-corrected chi connectivity index (χ0v) is 16.4. The summed E-state index contributed by atoms with van der Waals surface area (Å²) >= 11 is 0. The minimum Gasteiger partial charge on any atom is -0.381 e. The van der Waals surface area contributed by atoms with Crippen LogP contribution in [0.1, 0.15) is 63.5 Å². The van der Waals surface area contributed by atoms with Crippen molar-refractivity contribution in [2.75, 3.05) is 26.4 Å². The monoisotopic (exact) mass is 362 g/mol. The number of ether oxygens (including phenoxy) is 2. The average Bonchev–Trinajstić information content (AvgIpc) is 2.67. The minimum atomic E-state index is 0.308. The quantitative estimate of drug-likeness (QED) is 0.411. The van der Waals surface area contributed by atoms with Crippen LogP contribution in [0.3, 0.4) is 0 Å². The first-order chi connectivity index (χ1) is 12.7. The van der Waals surface area contributed by atoms with Gasteiger partial charge in [0.05, 0.1) is 13.2 Å². The van der Waals surface area contributed by atoms with E-state index in [1.165, 1.54) is 11.1 Å². The van der Waals surface area contributed by atoms with Crippen molar-refractivity contribution in [2.24, 2.45) is 0 Å². The van der Waals surface area contributed by atoms with Crippen molar-refractivity contribution in [1.82, 2.24) is 0 Å². The molecule has 0 N–H and O–H groups in total. The van der Waals surface area contributed by atoms with Crippen molar-refractivity contribution in [3.05, 3.63) is 35.4 Å². The van der Waals surface area contributed by atoms with Gasteiger partial charge < -0.3 is 9.47 Å². The average molecular weight is 363 g/mol. The lowest BCUT2D eigenvalue weighted by Crippen LogP contribution is -2.04. The maximum absolute atomic E-state index is 11.2. The van der Waals surface area contributed by atoms with E-state index in [9.17, 15) is 9.59 Å². The van der Waals surface area contributed by atoms with E-state index in [2.05, 4.69) is 24.3 Å². The number of Topliss-reactive ketones (excluding diaryl/α,β-unsaturated/α-hetero) is 2. The van der Waals surface area contributed by atoms with E-state index in [4.69, 9.17) is 9.47 Å². The van der Waals surface area contributed by atoms with Crippen LogP contribution in [0.2, 0.25) is 0 Å². The van der Waals surface area contributed by atoms with Gasteiger partial charge in [0.25, 0.3) is 0 Å². The number of carbonyl (C=O) groups excluding carboxylic acids is 2. The fourth-order valence-corrected chi connectivity index (χ4v) is 2.55. The molecule has 0 aliphatic carbocycles. The maximum Gasteiger partial charge on any atom is 0.132 e. The molecule has 146 valence electrons. The zero-order valence-electron chi connectivity index (χ0n) is 16.4. The summed E-state index contributed by atoms with van der Waals surface area (Å²) < 4.78 is 11.2. The van der Waals surface area contributed by atoms with Crippen LogP contribution in [0.4, 0.5) is 0 Å². The Morgan fingerprint density at radius 2 is 1.08 bits per heavy atom. The van der Waals surface area contributed by atoms with Crippen molar-refractivity contribution in [2.45, 2.75) is 65.2 Å². The molecule has 0 amide bonds. The third kappa shape index (κ3) is 11.2. The standard InChI is InChI=1S/C22H34O4/c1-3-21(23)7-5-15-25-17-13-19-9-11-20(12-10-19)14-18-26-16-6-8-22(24)4-2/h9-12H,3-8,13-18H2,1-2H3. The summed E-state index contributed by atoms with van der Waals surface area (Å²) in [6, 6.07) is 8.55. The Morgan fingerprint density at radius 3 is 1.42 bits per heavy atom. The van der Waals surface area contributed by atoms with Gasteiger partial charge in [0.1, 0.15) is 11.6 Å². The second-order valence-electron chi connectivity index (χ2n) is 6.53. The van der Waals surface area contributed by atoms with Gasteiger partial charge >= 0.3 is 0 Å². The lowest BCUT2D eigenvalue weighted by Gasteiger charge is -2.07. The van der Waals surface area contributed by atoms with Crippen LogP contribution in [-0.4, -0.2) is 38.0 Å². The molecule has 26 heavy (non-hydrogen) atoms. The Kier molecular flexibility index (Phi) is 12.7. The summed E-state index contributed by atoms with van der Waals surface area (Å²) in [7, 11) is 0. The van der Waals surface area contributed by atoms with Crippen molar-refractivity contribution < 1.29 is 19.1 Å². The topological polar surface area (TPSA) is 52.6 Å². The molecule has 0 heterocycles. The summed E-state index contributed by atoms with van der Waals surface area (Å²) in [4.78, 5) is 22.4. The van der Waals surface area contributed by atoms with Crippen molar-refractivity contribution in [1.29, 1.82) is 0 Å². The molecule has 0 unspecified atom stereocenters. The molecule has 0 saturated carbocycles. The van der Waals surface area contributed by atoms with Gasteiger partial charge in [-0.3, -0.25) is 9.59 Å². The third-order valence-corrected chi connectivity index (χ3v) is 4.37. The maximum atomic E-state index is 11.2. The summed E-state index contributed by atoms with van der Waals surface area (Å²) in [6.45, 7) is 6.50. The van der Waals surface area contributed by atoms with E-state index in [1.807, 2.05) is 13.8 Å². The molecule has 0 aromatic heterocycles. The highest BCUT2D eigenvalue weighted by Gasteiger charge is 2.00. The minimum absolute atomic E-state index is 0.308. The van der Waals surface area contributed by atoms with Crippen molar-refractivity contribution in [3.63, 3.8) is 0 Å². The zero-order chi connectivity index (χ0) is 19.0. The first-order valence-corrected chi connectivity index (χ1v) is 9.92.